The van der Waals surface area contributed by atoms with Crippen molar-refractivity contribution in [2.45, 2.75) is 6.04 Å². The van der Waals surface area contributed by atoms with Crippen molar-refractivity contribution >= 4 is 0 Å². The van der Waals surface area contributed by atoms with Gasteiger partial charge in [0.25, 0.3) is 0 Å². The van der Waals surface area contributed by atoms with Crippen LogP contribution in [0.15, 0.2) is 54.6 Å². The largest absolute Gasteiger partial charge is 0.318 e. The Hall–Kier alpha value is -2.53. The van der Waals surface area contributed by atoms with E-state index in [1.807, 2.05) is 30.3 Å². The van der Waals surface area contributed by atoms with Crippen LogP contribution >= 0.6 is 0 Å². The molecule has 0 amide bonds. The number of nitrogens with one attached hydrogen (secondary N) is 1. The van der Waals surface area contributed by atoms with Crippen molar-refractivity contribution in [1.29, 1.82) is 0 Å². The average molecular weight is 268 g/mol. The van der Waals surface area contributed by atoms with E-state index in [1.165, 1.54) is 12.1 Å². The van der Waals surface area contributed by atoms with Crippen LogP contribution in [-0.2, 0) is 0 Å². The Labute approximate surface area is 115 Å². The van der Waals surface area contributed by atoms with Gasteiger partial charge in [-0.25, -0.2) is 9.37 Å². The molecule has 0 radical (unpaired) electrons. The molecule has 100 valence electrons. The molecule has 0 unspecified atom stereocenters. The highest BCUT2D eigenvalue weighted by Gasteiger charge is 2.14. The van der Waals surface area contributed by atoms with Crippen LogP contribution in [0, 0.1) is 5.82 Å². The molecule has 5 heteroatoms. The maximum absolute atomic E-state index is 13.2. The highest BCUT2D eigenvalue weighted by atomic mass is 19.1. The van der Waals surface area contributed by atoms with Gasteiger partial charge in [0.05, 0.1) is 6.04 Å². The molecule has 0 spiro atoms. The third-order valence-corrected chi connectivity index (χ3v) is 3.04. The second kappa shape index (κ2) is 5.22. The highest BCUT2D eigenvalue weighted by molar-refractivity contribution is 5.54. The van der Waals surface area contributed by atoms with Gasteiger partial charge in [-0.3, -0.25) is 5.10 Å². The summed E-state index contributed by atoms with van der Waals surface area (Å²) in [5.74, 6) is 0.669. The second-order valence-electron chi connectivity index (χ2n) is 4.44. The van der Waals surface area contributed by atoms with Crippen molar-refractivity contribution < 1.29 is 4.39 Å². The molecule has 0 aliphatic rings. The monoisotopic (exact) mass is 268 g/mol. The molecule has 0 bridgehead atoms. The molecule has 0 aliphatic carbocycles. The first-order valence-electron chi connectivity index (χ1n) is 6.23. The van der Waals surface area contributed by atoms with Gasteiger partial charge in [0.2, 0.25) is 0 Å². The number of aromatic amines is 1. The minimum absolute atomic E-state index is 0.318. The lowest BCUT2D eigenvalue weighted by atomic mass is 10.1. The summed E-state index contributed by atoms with van der Waals surface area (Å²) in [6, 6.07) is 15.4. The van der Waals surface area contributed by atoms with E-state index in [0.29, 0.717) is 17.2 Å². The molecule has 0 fully saturated rings. The van der Waals surface area contributed by atoms with E-state index < -0.39 is 0 Å². The number of nitrogens with two attached hydrogens (primary N) is 1. The first-order chi connectivity index (χ1) is 9.74. The first-order valence-corrected chi connectivity index (χ1v) is 6.23. The summed E-state index contributed by atoms with van der Waals surface area (Å²) in [5.41, 5.74) is 7.69. The van der Waals surface area contributed by atoms with Crippen LogP contribution < -0.4 is 5.73 Å². The number of hydrogen-bond acceptors (Lipinski definition) is 3. The summed E-state index contributed by atoms with van der Waals surface area (Å²) < 4.78 is 13.2. The fraction of sp³-hybridized carbons (Fsp3) is 0.0667. The highest BCUT2D eigenvalue weighted by Crippen LogP contribution is 2.20. The van der Waals surface area contributed by atoms with Crippen molar-refractivity contribution in [3.05, 3.63) is 71.8 Å². The van der Waals surface area contributed by atoms with Crippen LogP contribution in [0.5, 0.6) is 0 Å². The Kier molecular flexibility index (Phi) is 3.26. The molecule has 1 atom stereocenters. The van der Waals surface area contributed by atoms with Crippen molar-refractivity contribution in [3.8, 4) is 11.4 Å². The van der Waals surface area contributed by atoms with Gasteiger partial charge in [0.15, 0.2) is 5.82 Å². The lowest BCUT2D eigenvalue weighted by Gasteiger charge is -2.07. The zero-order valence-electron chi connectivity index (χ0n) is 10.6. The van der Waals surface area contributed by atoms with Crippen molar-refractivity contribution in [1.82, 2.24) is 15.2 Å². The standard InChI is InChI=1S/C15H13FN4/c16-12-8-4-7-11(9-12)14-18-15(20-19-14)13(17)10-5-2-1-3-6-10/h1-9,13H,17H2,(H,18,19,20)/t13-/m1/s1. The molecule has 0 aliphatic heterocycles. The van der Waals surface area contributed by atoms with Gasteiger partial charge in [0, 0.05) is 5.56 Å². The SMILES string of the molecule is N[C@H](c1ccccc1)c1nc(-c2cccc(F)c2)n[nH]1. The van der Waals surface area contributed by atoms with E-state index in [0.717, 1.165) is 5.56 Å². The fourth-order valence-electron chi connectivity index (χ4n) is 1.99. The van der Waals surface area contributed by atoms with Crippen molar-refractivity contribution in [2.24, 2.45) is 5.73 Å². The molecular formula is C15H13FN4. The molecule has 20 heavy (non-hydrogen) atoms. The molecule has 0 saturated heterocycles. The van der Waals surface area contributed by atoms with Gasteiger partial charge in [-0.2, -0.15) is 5.10 Å². The Morgan fingerprint density at radius 3 is 2.60 bits per heavy atom. The number of H-pyrrole nitrogens is 1. The van der Waals surface area contributed by atoms with Crippen LogP contribution in [-0.4, -0.2) is 15.2 Å². The lowest BCUT2D eigenvalue weighted by molar-refractivity contribution is 0.628. The van der Waals surface area contributed by atoms with Gasteiger partial charge >= 0.3 is 0 Å². The number of halogens is 1. The Bertz CT molecular complexity index is 709. The fourth-order valence-corrected chi connectivity index (χ4v) is 1.99. The van der Waals surface area contributed by atoms with E-state index in [4.69, 9.17) is 5.73 Å². The maximum atomic E-state index is 13.2. The number of aromatic nitrogens is 3. The molecular weight excluding hydrogens is 255 g/mol. The van der Waals surface area contributed by atoms with Gasteiger partial charge in [0.1, 0.15) is 11.6 Å². The molecule has 1 aromatic heterocycles. The van der Waals surface area contributed by atoms with Crippen molar-refractivity contribution in [3.63, 3.8) is 0 Å². The minimum atomic E-state index is -0.383. The van der Waals surface area contributed by atoms with Gasteiger partial charge in [-0.1, -0.05) is 42.5 Å². The molecule has 2 aromatic carbocycles. The Morgan fingerprint density at radius 2 is 1.85 bits per heavy atom. The van der Waals surface area contributed by atoms with Crippen LogP contribution in [0.2, 0.25) is 0 Å². The Morgan fingerprint density at radius 1 is 1.05 bits per heavy atom. The number of nitrogens with zero attached hydrogens (tertiary/aromatic N) is 2. The van der Waals surface area contributed by atoms with Gasteiger partial charge in [-0.15, -0.1) is 0 Å². The molecule has 3 aromatic rings. The Balaban J connectivity index is 1.91. The van der Waals surface area contributed by atoms with E-state index >= 15 is 0 Å². The lowest BCUT2D eigenvalue weighted by Crippen LogP contribution is -2.13. The van der Waals surface area contributed by atoms with E-state index in [1.54, 1.807) is 12.1 Å². The molecule has 3 N–H and O–H groups in total. The summed E-state index contributed by atoms with van der Waals surface area (Å²) in [6.07, 6.45) is 0. The van der Waals surface area contributed by atoms with Crippen molar-refractivity contribution in [2.75, 3.05) is 0 Å². The third-order valence-electron chi connectivity index (χ3n) is 3.04. The maximum Gasteiger partial charge on any atom is 0.181 e. The summed E-state index contributed by atoms with van der Waals surface area (Å²) in [7, 11) is 0. The normalized spacial score (nSPS) is 12.3. The van der Waals surface area contributed by atoms with Crippen LogP contribution in [0.1, 0.15) is 17.4 Å². The third kappa shape index (κ3) is 2.44. The van der Waals surface area contributed by atoms with E-state index in [9.17, 15) is 4.39 Å². The van der Waals surface area contributed by atoms with Gasteiger partial charge < -0.3 is 5.73 Å². The predicted molar refractivity (Wildman–Crippen MR) is 74.2 cm³/mol. The van der Waals surface area contributed by atoms with Crippen LogP contribution in [0.4, 0.5) is 4.39 Å². The minimum Gasteiger partial charge on any atom is -0.318 e. The smallest absolute Gasteiger partial charge is 0.181 e. The molecule has 0 saturated carbocycles. The number of hydrogen-bond donors (Lipinski definition) is 2. The van der Waals surface area contributed by atoms with Crippen LogP contribution in [0.3, 0.4) is 0 Å². The zero-order valence-corrected chi connectivity index (χ0v) is 10.6. The summed E-state index contributed by atoms with van der Waals surface area (Å²) in [5, 5.41) is 6.90. The molecule has 3 rings (SSSR count). The molecule has 4 nitrogen and oxygen atoms in total. The summed E-state index contributed by atoms with van der Waals surface area (Å²) in [4.78, 5) is 4.34. The second-order valence-corrected chi connectivity index (χ2v) is 4.44. The summed E-state index contributed by atoms with van der Waals surface area (Å²) in [6.45, 7) is 0. The zero-order chi connectivity index (χ0) is 13.9. The van der Waals surface area contributed by atoms with E-state index in [2.05, 4.69) is 15.2 Å². The quantitative estimate of drug-likeness (QED) is 0.767. The van der Waals surface area contributed by atoms with Crippen LogP contribution in [0.25, 0.3) is 11.4 Å². The topological polar surface area (TPSA) is 67.6 Å². The van der Waals surface area contributed by atoms with E-state index in [-0.39, 0.29) is 11.9 Å². The number of rotatable bonds is 3. The summed E-state index contributed by atoms with van der Waals surface area (Å²) >= 11 is 0. The predicted octanol–water partition coefficient (Wildman–Crippen LogP) is 2.66. The molecule has 1 heterocycles. The van der Waals surface area contributed by atoms with Gasteiger partial charge in [-0.05, 0) is 17.7 Å². The number of benzene rings is 2. The average Bonchev–Trinajstić information content (AvgIpc) is 2.97. The first kappa shape index (κ1) is 12.5.